The summed E-state index contributed by atoms with van der Waals surface area (Å²) in [6.45, 7) is 2.35. The Morgan fingerprint density at radius 3 is 2.90 bits per heavy atom. The molecule has 0 bridgehead atoms. The van der Waals surface area contributed by atoms with Crippen molar-refractivity contribution in [1.82, 2.24) is 0 Å². The summed E-state index contributed by atoms with van der Waals surface area (Å²) < 4.78 is 1.66. The van der Waals surface area contributed by atoms with Gasteiger partial charge < -0.3 is 0 Å². The fourth-order valence-corrected chi connectivity index (χ4v) is 9.10. The molecule has 1 aliphatic heterocycles. The van der Waals surface area contributed by atoms with Gasteiger partial charge in [0.05, 0.1) is 0 Å². The Kier molecular flexibility index (Phi) is 1.88. The van der Waals surface area contributed by atoms with E-state index in [9.17, 15) is 0 Å². The third-order valence-electron chi connectivity index (χ3n) is 1.64. The molecule has 0 fully saturated rings. The Bertz CT molecular complexity index is 245. The van der Waals surface area contributed by atoms with Gasteiger partial charge in [0, 0.05) is 0 Å². The summed E-state index contributed by atoms with van der Waals surface area (Å²) >= 11 is 1.74. The van der Waals surface area contributed by atoms with Crippen LogP contribution < -0.4 is 4.46 Å². The zero-order valence-electron chi connectivity index (χ0n) is 5.70. The standard InChI is InChI=1S/C8H8Se2/c1-6-7-4-2-3-5-8(7)10-9-6/h2-6H,1H3/t6-/m0/s1. The van der Waals surface area contributed by atoms with E-state index in [4.69, 9.17) is 0 Å². The van der Waals surface area contributed by atoms with E-state index in [-0.39, 0.29) is 0 Å². The van der Waals surface area contributed by atoms with E-state index in [0.29, 0.717) is 0 Å². The molecule has 52 valence electrons. The van der Waals surface area contributed by atoms with Crippen LogP contribution in [0.4, 0.5) is 0 Å². The zero-order valence-corrected chi connectivity index (χ0v) is 9.13. The molecule has 0 nitrogen and oxygen atoms in total. The fraction of sp³-hybridized carbons (Fsp3) is 0.250. The topological polar surface area (TPSA) is 0 Å². The number of benzene rings is 1. The van der Waals surface area contributed by atoms with Gasteiger partial charge in [-0.05, 0) is 0 Å². The number of fused-ring (bicyclic) bond motifs is 1. The second kappa shape index (κ2) is 2.71. The molecule has 0 saturated carbocycles. The molecule has 0 N–H and O–H groups in total. The van der Waals surface area contributed by atoms with Gasteiger partial charge >= 0.3 is 72.3 Å². The van der Waals surface area contributed by atoms with Gasteiger partial charge in [-0.2, -0.15) is 0 Å². The maximum absolute atomic E-state index is 2.35. The van der Waals surface area contributed by atoms with Gasteiger partial charge in [0.25, 0.3) is 0 Å². The summed E-state index contributed by atoms with van der Waals surface area (Å²) in [5, 5.41) is 0. The van der Waals surface area contributed by atoms with Crippen LogP contribution in [0.2, 0.25) is 0 Å². The first-order chi connectivity index (χ1) is 4.88. The first-order valence-corrected chi connectivity index (χ1v) is 9.48. The Labute approximate surface area is 72.3 Å². The van der Waals surface area contributed by atoms with Crippen molar-refractivity contribution in [2.75, 3.05) is 0 Å². The molecule has 0 amide bonds. The summed E-state index contributed by atoms with van der Waals surface area (Å²) in [5.41, 5.74) is 1.63. The molecule has 0 saturated heterocycles. The third kappa shape index (κ3) is 1.06. The fourth-order valence-electron chi connectivity index (χ4n) is 1.07. The van der Waals surface area contributed by atoms with E-state index in [0.717, 1.165) is 31.1 Å². The molecule has 1 heterocycles. The van der Waals surface area contributed by atoms with E-state index in [2.05, 4.69) is 31.2 Å². The summed E-state index contributed by atoms with van der Waals surface area (Å²) in [6.07, 6.45) is 0. The van der Waals surface area contributed by atoms with Crippen molar-refractivity contribution in [3.63, 3.8) is 0 Å². The second-order valence-electron chi connectivity index (χ2n) is 2.36. The molecule has 1 aromatic carbocycles. The predicted octanol–water partition coefficient (Wildman–Crippen LogP) is 0.710. The maximum atomic E-state index is 2.35. The molecule has 1 aromatic rings. The van der Waals surface area contributed by atoms with Gasteiger partial charge in [-0.3, -0.25) is 0 Å². The van der Waals surface area contributed by atoms with Crippen molar-refractivity contribution in [2.45, 2.75) is 11.7 Å². The van der Waals surface area contributed by atoms with Crippen molar-refractivity contribution in [1.29, 1.82) is 0 Å². The van der Waals surface area contributed by atoms with Crippen LogP contribution >= 0.6 is 0 Å². The van der Waals surface area contributed by atoms with Crippen LogP contribution in [0.15, 0.2) is 24.3 Å². The number of rotatable bonds is 0. The van der Waals surface area contributed by atoms with Crippen molar-refractivity contribution in [3.8, 4) is 0 Å². The van der Waals surface area contributed by atoms with E-state index < -0.39 is 0 Å². The molecule has 1 aliphatic rings. The normalized spacial score (nSPS) is 22.7. The zero-order chi connectivity index (χ0) is 6.97. The van der Waals surface area contributed by atoms with E-state index >= 15 is 0 Å². The van der Waals surface area contributed by atoms with Crippen molar-refractivity contribution >= 4 is 30.7 Å². The third-order valence-corrected chi connectivity index (χ3v) is 10.3. The molecular formula is C8H8Se2. The Morgan fingerprint density at radius 1 is 1.30 bits per heavy atom. The number of hydrogen-bond donors (Lipinski definition) is 0. The van der Waals surface area contributed by atoms with Gasteiger partial charge in [-0.15, -0.1) is 0 Å². The van der Waals surface area contributed by atoms with Crippen molar-refractivity contribution in [3.05, 3.63) is 29.8 Å². The molecule has 0 aliphatic carbocycles. The van der Waals surface area contributed by atoms with Gasteiger partial charge in [-0.1, -0.05) is 0 Å². The molecule has 0 unspecified atom stereocenters. The van der Waals surface area contributed by atoms with E-state index in [1.807, 2.05) is 0 Å². The number of hydrogen-bond acceptors (Lipinski definition) is 0. The van der Waals surface area contributed by atoms with Crippen LogP contribution in [-0.4, -0.2) is 26.3 Å². The Balaban J connectivity index is 2.51. The summed E-state index contributed by atoms with van der Waals surface area (Å²) in [7, 11) is 0. The van der Waals surface area contributed by atoms with Crippen molar-refractivity contribution < 1.29 is 0 Å². The van der Waals surface area contributed by atoms with Gasteiger partial charge in [0.15, 0.2) is 0 Å². The summed E-state index contributed by atoms with van der Waals surface area (Å²) in [6, 6.07) is 8.90. The van der Waals surface area contributed by atoms with E-state index in [1.54, 1.807) is 10.0 Å². The Hall–Kier alpha value is 0.259. The molecule has 0 aromatic heterocycles. The first kappa shape index (κ1) is 6.94. The molecule has 2 rings (SSSR count). The SMILES string of the molecule is C[C@@H]1[Se][Se]c2ccccc21. The van der Waals surface area contributed by atoms with Gasteiger partial charge in [-0.25, -0.2) is 0 Å². The van der Waals surface area contributed by atoms with Crippen LogP contribution in [-0.2, 0) is 0 Å². The van der Waals surface area contributed by atoms with Crippen LogP contribution in [0.25, 0.3) is 0 Å². The average molecular weight is 262 g/mol. The minimum absolute atomic E-state index is 0.836. The van der Waals surface area contributed by atoms with Crippen LogP contribution in [0.3, 0.4) is 0 Å². The molecule has 10 heavy (non-hydrogen) atoms. The molecule has 1 atom stereocenters. The van der Waals surface area contributed by atoms with Crippen LogP contribution in [0.5, 0.6) is 0 Å². The summed E-state index contributed by atoms with van der Waals surface area (Å²) in [4.78, 5) is 0.892. The van der Waals surface area contributed by atoms with Crippen LogP contribution in [0.1, 0.15) is 17.3 Å². The minimum atomic E-state index is 0.836. The van der Waals surface area contributed by atoms with E-state index in [1.165, 1.54) is 0 Å². The van der Waals surface area contributed by atoms with Gasteiger partial charge in [0.2, 0.25) is 0 Å². The molecule has 2 heteroatoms. The van der Waals surface area contributed by atoms with Crippen LogP contribution in [0, 0.1) is 0 Å². The van der Waals surface area contributed by atoms with Crippen molar-refractivity contribution in [2.24, 2.45) is 0 Å². The monoisotopic (exact) mass is 264 g/mol. The first-order valence-electron chi connectivity index (χ1n) is 3.30. The Morgan fingerprint density at radius 2 is 2.10 bits per heavy atom. The molecule has 0 radical (unpaired) electrons. The molecule has 0 spiro atoms. The predicted molar refractivity (Wildman–Crippen MR) is 46.0 cm³/mol. The average Bonchev–Trinajstić information content (AvgIpc) is 2.34. The second-order valence-corrected chi connectivity index (χ2v) is 9.43. The van der Waals surface area contributed by atoms with Gasteiger partial charge in [0.1, 0.15) is 0 Å². The quantitative estimate of drug-likeness (QED) is 0.604. The molecular weight excluding hydrogens is 254 g/mol. The summed E-state index contributed by atoms with van der Waals surface area (Å²) in [5.74, 6) is 0.